The summed E-state index contributed by atoms with van der Waals surface area (Å²) in [6.07, 6.45) is 2.62. The summed E-state index contributed by atoms with van der Waals surface area (Å²) in [4.78, 5) is 7.31. The van der Waals surface area contributed by atoms with Gasteiger partial charge in [-0.1, -0.05) is 26.0 Å². The van der Waals surface area contributed by atoms with Crippen molar-refractivity contribution >= 4 is 21.6 Å². The number of nitrogens with one attached hydrogen (secondary N) is 1. The Balaban J connectivity index is 1.51. The van der Waals surface area contributed by atoms with Crippen LogP contribution in [-0.2, 0) is 6.54 Å². The van der Waals surface area contributed by atoms with Gasteiger partial charge in [-0.15, -0.1) is 11.3 Å². The van der Waals surface area contributed by atoms with Gasteiger partial charge in [0.25, 0.3) is 0 Å². The first kappa shape index (κ1) is 14.9. The first-order valence-corrected chi connectivity index (χ1v) is 8.82. The SMILES string of the molecule is CC(C)NCC1CCN(Cc2nc3ccccc3s2)CC1. The molecule has 0 unspecified atom stereocenters. The van der Waals surface area contributed by atoms with Crippen molar-refractivity contribution < 1.29 is 0 Å². The van der Waals surface area contributed by atoms with E-state index in [-0.39, 0.29) is 0 Å². The highest BCUT2D eigenvalue weighted by Gasteiger charge is 2.20. The molecular formula is C17H25N3S. The molecule has 1 saturated heterocycles. The van der Waals surface area contributed by atoms with Crippen LogP contribution in [0.5, 0.6) is 0 Å². The zero-order valence-corrected chi connectivity index (χ0v) is 13.8. The lowest BCUT2D eigenvalue weighted by atomic mass is 9.96. The molecule has 0 aliphatic carbocycles. The highest BCUT2D eigenvalue weighted by Crippen LogP contribution is 2.24. The lowest BCUT2D eigenvalue weighted by molar-refractivity contribution is 0.174. The number of thiazole rings is 1. The number of aromatic nitrogens is 1. The molecule has 2 heterocycles. The van der Waals surface area contributed by atoms with E-state index in [1.807, 2.05) is 11.3 Å². The monoisotopic (exact) mass is 303 g/mol. The van der Waals surface area contributed by atoms with Crippen LogP contribution in [0.25, 0.3) is 10.2 Å². The molecule has 0 saturated carbocycles. The molecule has 4 heteroatoms. The number of nitrogens with zero attached hydrogens (tertiary/aromatic N) is 2. The summed E-state index contributed by atoms with van der Waals surface area (Å²) in [7, 11) is 0. The molecular weight excluding hydrogens is 278 g/mol. The Morgan fingerprint density at radius 2 is 2.05 bits per heavy atom. The Morgan fingerprint density at radius 3 is 2.76 bits per heavy atom. The molecule has 1 aromatic carbocycles. The summed E-state index contributed by atoms with van der Waals surface area (Å²) in [5.41, 5.74) is 1.15. The van der Waals surface area contributed by atoms with Gasteiger partial charge in [0.2, 0.25) is 0 Å². The van der Waals surface area contributed by atoms with E-state index in [0.29, 0.717) is 6.04 Å². The van der Waals surface area contributed by atoms with E-state index in [0.717, 1.165) is 18.0 Å². The number of hydrogen-bond acceptors (Lipinski definition) is 4. The van der Waals surface area contributed by atoms with Gasteiger partial charge >= 0.3 is 0 Å². The minimum absolute atomic E-state index is 0.603. The van der Waals surface area contributed by atoms with Crippen LogP contribution in [0.4, 0.5) is 0 Å². The summed E-state index contributed by atoms with van der Waals surface area (Å²) in [5, 5.41) is 4.83. The summed E-state index contributed by atoms with van der Waals surface area (Å²) in [5.74, 6) is 0.846. The molecule has 0 spiro atoms. The summed E-state index contributed by atoms with van der Waals surface area (Å²) in [6, 6.07) is 9.04. The fourth-order valence-corrected chi connectivity index (χ4v) is 3.94. The maximum atomic E-state index is 4.75. The second-order valence-electron chi connectivity index (χ2n) is 6.36. The van der Waals surface area contributed by atoms with Crippen LogP contribution in [0.15, 0.2) is 24.3 Å². The van der Waals surface area contributed by atoms with Crippen molar-refractivity contribution in [2.75, 3.05) is 19.6 Å². The topological polar surface area (TPSA) is 28.2 Å². The molecule has 1 N–H and O–H groups in total. The van der Waals surface area contributed by atoms with E-state index >= 15 is 0 Å². The average Bonchev–Trinajstić information content (AvgIpc) is 2.88. The lowest BCUT2D eigenvalue weighted by Crippen LogP contribution is -2.38. The Hall–Kier alpha value is -0.970. The Bertz CT molecular complexity index is 537. The van der Waals surface area contributed by atoms with Crippen LogP contribution in [0, 0.1) is 5.92 Å². The average molecular weight is 303 g/mol. The molecule has 1 aliphatic rings. The smallest absolute Gasteiger partial charge is 0.108 e. The zero-order chi connectivity index (χ0) is 14.7. The van der Waals surface area contributed by atoms with Crippen molar-refractivity contribution in [1.29, 1.82) is 0 Å². The fourth-order valence-electron chi connectivity index (χ4n) is 2.93. The Kier molecular flexibility index (Phi) is 4.88. The lowest BCUT2D eigenvalue weighted by Gasteiger charge is -2.31. The van der Waals surface area contributed by atoms with E-state index in [1.54, 1.807) is 0 Å². The van der Waals surface area contributed by atoms with E-state index in [4.69, 9.17) is 4.98 Å². The molecule has 114 valence electrons. The molecule has 1 aliphatic heterocycles. The normalized spacial score (nSPS) is 17.9. The number of fused-ring (bicyclic) bond motifs is 1. The van der Waals surface area contributed by atoms with Crippen LogP contribution >= 0.6 is 11.3 Å². The third-order valence-corrected chi connectivity index (χ3v) is 5.24. The van der Waals surface area contributed by atoms with Gasteiger partial charge < -0.3 is 5.32 Å². The zero-order valence-electron chi connectivity index (χ0n) is 13.0. The van der Waals surface area contributed by atoms with E-state index in [9.17, 15) is 0 Å². The van der Waals surface area contributed by atoms with Gasteiger partial charge in [-0.05, 0) is 50.5 Å². The van der Waals surface area contributed by atoms with Crippen LogP contribution < -0.4 is 5.32 Å². The molecule has 2 aromatic rings. The molecule has 21 heavy (non-hydrogen) atoms. The highest BCUT2D eigenvalue weighted by atomic mass is 32.1. The van der Waals surface area contributed by atoms with Gasteiger partial charge in [0.1, 0.15) is 5.01 Å². The van der Waals surface area contributed by atoms with Gasteiger partial charge in [0.15, 0.2) is 0 Å². The second-order valence-corrected chi connectivity index (χ2v) is 7.47. The predicted octanol–water partition coefficient (Wildman–Crippen LogP) is 3.51. The van der Waals surface area contributed by atoms with Crippen LogP contribution in [0.3, 0.4) is 0 Å². The number of likely N-dealkylation sites (tertiary alicyclic amines) is 1. The van der Waals surface area contributed by atoms with Gasteiger partial charge in [0.05, 0.1) is 16.8 Å². The molecule has 0 amide bonds. The van der Waals surface area contributed by atoms with Gasteiger partial charge in [-0.2, -0.15) is 0 Å². The van der Waals surface area contributed by atoms with Crippen molar-refractivity contribution in [1.82, 2.24) is 15.2 Å². The number of piperidine rings is 1. The number of benzene rings is 1. The summed E-state index contributed by atoms with van der Waals surface area (Å²) >= 11 is 1.84. The largest absolute Gasteiger partial charge is 0.314 e. The van der Waals surface area contributed by atoms with Crippen LogP contribution in [0.2, 0.25) is 0 Å². The van der Waals surface area contributed by atoms with Crippen LogP contribution in [0.1, 0.15) is 31.7 Å². The van der Waals surface area contributed by atoms with E-state index in [2.05, 4.69) is 48.3 Å². The predicted molar refractivity (Wildman–Crippen MR) is 90.8 cm³/mol. The number of rotatable bonds is 5. The highest BCUT2D eigenvalue weighted by molar-refractivity contribution is 7.18. The summed E-state index contributed by atoms with van der Waals surface area (Å²) < 4.78 is 1.31. The standard InChI is InChI=1S/C17H25N3S/c1-13(2)18-11-14-7-9-20(10-8-14)12-17-19-15-5-3-4-6-16(15)21-17/h3-6,13-14,18H,7-12H2,1-2H3. The van der Waals surface area contributed by atoms with Gasteiger partial charge in [0, 0.05) is 6.04 Å². The third-order valence-electron chi connectivity index (χ3n) is 4.22. The Labute approximate surface area is 131 Å². The minimum Gasteiger partial charge on any atom is -0.314 e. The van der Waals surface area contributed by atoms with Crippen molar-refractivity contribution in [3.05, 3.63) is 29.3 Å². The van der Waals surface area contributed by atoms with Gasteiger partial charge in [-0.3, -0.25) is 4.90 Å². The maximum Gasteiger partial charge on any atom is 0.108 e. The molecule has 0 atom stereocenters. The first-order valence-electron chi connectivity index (χ1n) is 8.01. The number of para-hydroxylation sites is 1. The van der Waals surface area contributed by atoms with Gasteiger partial charge in [-0.25, -0.2) is 4.98 Å². The van der Waals surface area contributed by atoms with E-state index in [1.165, 1.54) is 42.2 Å². The maximum absolute atomic E-state index is 4.75. The molecule has 0 radical (unpaired) electrons. The number of hydrogen-bond donors (Lipinski definition) is 1. The van der Waals surface area contributed by atoms with Crippen molar-refractivity contribution in [3.8, 4) is 0 Å². The molecule has 1 fully saturated rings. The van der Waals surface area contributed by atoms with Crippen LogP contribution in [-0.4, -0.2) is 35.6 Å². The molecule has 0 bridgehead atoms. The van der Waals surface area contributed by atoms with Crippen molar-refractivity contribution in [3.63, 3.8) is 0 Å². The Morgan fingerprint density at radius 1 is 1.29 bits per heavy atom. The second kappa shape index (κ2) is 6.86. The fraction of sp³-hybridized carbons (Fsp3) is 0.588. The molecule has 3 rings (SSSR count). The minimum atomic E-state index is 0.603. The first-order chi connectivity index (χ1) is 10.2. The summed E-state index contributed by atoms with van der Waals surface area (Å²) in [6.45, 7) is 9.06. The molecule has 3 nitrogen and oxygen atoms in total. The molecule has 1 aromatic heterocycles. The van der Waals surface area contributed by atoms with Crippen molar-refractivity contribution in [2.45, 2.75) is 39.3 Å². The van der Waals surface area contributed by atoms with E-state index < -0.39 is 0 Å². The third kappa shape index (κ3) is 4.02. The quantitative estimate of drug-likeness (QED) is 0.916. The van der Waals surface area contributed by atoms with Crippen molar-refractivity contribution in [2.24, 2.45) is 5.92 Å².